The van der Waals surface area contributed by atoms with E-state index in [4.69, 9.17) is 16.3 Å². The van der Waals surface area contributed by atoms with E-state index in [1.54, 1.807) is 35.9 Å². The normalized spacial score (nSPS) is 20.7. The van der Waals surface area contributed by atoms with Crippen molar-refractivity contribution in [3.63, 3.8) is 0 Å². The Morgan fingerprint density at radius 1 is 1.41 bits per heavy atom. The second kappa shape index (κ2) is 6.68. The lowest BCUT2D eigenvalue weighted by molar-refractivity contribution is -0.384. The van der Waals surface area contributed by atoms with E-state index in [1.165, 1.54) is 0 Å². The SMILES string of the molecule is Cn1cc(C2(C)CN(c3cc(Cl)c(C(F)(F)F)cc3[N+](=O)[O-])CCO2)cn1. The minimum Gasteiger partial charge on any atom is -0.367 e. The van der Waals surface area contributed by atoms with Crippen LogP contribution in [0.15, 0.2) is 24.5 Å². The molecule has 2 aromatic rings. The number of hydrogen-bond donors (Lipinski definition) is 0. The highest BCUT2D eigenvalue weighted by atomic mass is 35.5. The third-order valence-corrected chi connectivity index (χ3v) is 4.81. The fraction of sp³-hybridized carbons (Fsp3) is 0.438. The van der Waals surface area contributed by atoms with Crippen molar-refractivity contribution in [3.05, 3.63) is 50.8 Å². The summed E-state index contributed by atoms with van der Waals surface area (Å²) in [6, 6.07) is 1.48. The third kappa shape index (κ3) is 3.72. The molecule has 0 aliphatic carbocycles. The van der Waals surface area contributed by atoms with Gasteiger partial charge in [0.1, 0.15) is 11.3 Å². The molecule has 1 saturated heterocycles. The molecule has 1 aromatic heterocycles. The van der Waals surface area contributed by atoms with E-state index in [0.717, 1.165) is 11.6 Å². The number of rotatable bonds is 3. The van der Waals surface area contributed by atoms with E-state index in [1.807, 2.05) is 0 Å². The van der Waals surface area contributed by atoms with Gasteiger partial charge in [0.2, 0.25) is 0 Å². The monoisotopic (exact) mass is 404 g/mol. The van der Waals surface area contributed by atoms with Gasteiger partial charge in [-0.05, 0) is 13.0 Å². The first-order valence-electron chi connectivity index (χ1n) is 7.94. The Kier molecular flexibility index (Phi) is 4.81. The summed E-state index contributed by atoms with van der Waals surface area (Å²) >= 11 is 5.79. The first-order chi connectivity index (χ1) is 12.5. The number of nitro groups is 1. The molecule has 3 rings (SSSR count). The molecule has 0 amide bonds. The van der Waals surface area contributed by atoms with Gasteiger partial charge in [-0.2, -0.15) is 18.3 Å². The zero-order valence-corrected chi connectivity index (χ0v) is 15.2. The quantitative estimate of drug-likeness (QED) is 0.575. The van der Waals surface area contributed by atoms with E-state index in [2.05, 4.69) is 5.10 Å². The van der Waals surface area contributed by atoms with Crippen LogP contribution in [0.4, 0.5) is 24.5 Å². The van der Waals surface area contributed by atoms with Gasteiger partial charge in [-0.25, -0.2) is 0 Å². The summed E-state index contributed by atoms with van der Waals surface area (Å²) in [6.07, 6.45) is -1.40. The van der Waals surface area contributed by atoms with E-state index >= 15 is 0 Å². The highest BCUT2D eigenvalue weighted by Crippen LogP contribution is 2.43. The number of ether oxygens (including phenoxy) is 1. The van der Waals surface area contributed by atoms with E-state index < -0.39 is 33.0 Å². The second-order valence-electron chi connectivity index (χ2n) is 6.48. The van der Waals surface area contributed by atoms with Crippen molar-refractivity contribution in [2.24, 2.45) is 7.05 Å². The molecule has 1 aromatic carbocycles. The van der Waals surface area contributed by atoms with Gasteiger partial charge in [0.15, 0.2) is 0 Å². The summed E-state index contributed by atoms with van der Waals surface area (Å²) in [5.74, 6) is 0. The predicted molar refractivity (Wildman–Crippen MR) is 91.8 cm³/mol. The number of benzene rings is 1. The van der Waals surface area contributed by atoms with Crippen LogP contribution >= 0.6 is 11.6 Å². The molecule has 1 aliphatic heterocycles. The van der Waals surface area contributed by atoms with Gasteiger partial charge in [-0.3, -0.25) is 14.8 Å². The molecule has 0 saturated carbocycles. The Morgan fingerprint density at radius 2 is 2.11 bits per heavy atom. The van der Waals surface area contributed by atoms with Crippen LogP contribution in [0.1, 0.15) is 18.1 Å². The Hall–Kier alpha value is -2.33. The topological polar surface area (TPSA) is 73.4 Å². The van der Waals surface area contributed by atoms with E-state index in [0.29, 0.717) is 6.07 Å². The molecule has 0 radical (unpaired) electrons. The summed E-state index contributed by atoms with van der Waals surface area (Å²) in [7, 11) is 1.74. The highest BCUT2D eigenvalue weighted by molar-refractivity contribution is 6.31. The number of nitro benzene ring substituents is 1. The molecule has 1 aliphatic rings. The van der Waals surface area contributed by atoms with Gasteiger partial charge in [-0.1, -0.05) is 11.6 Å². The summed E-state index contributed by atoms with van der Waals surface area (Å²) in [4.78, 5) is 12.2. The molecule has 7 nitrogen and oxygen atoms in total. The maximum absolute atomic E-state index is 13.1. The number of alkyl halides is 3. The van der Waals surface area contributed by atoms with Crippen LogP contribution in [0, 0.1) is 10.1 Å². The largest absolute Gasteiger partial charge is 0.418 e. The average molecular weight is 405 g/mol. The zero-order chi connectivity index (χ0) is 20.0. The van der Waals surface area contributed by atoms with Crippen molar-refractivity contribution in [1.29, 1.82) is 0 Å². The van der Waals surface area contributed by atoms with Gasteiger partial charge < -0.3 is 9.64 Å². The molecule has 1 atom stereocenters. The van der Waals surface area contributed by atoms with Crippen LogP contribution in [-0.4, -0.2) is 34.4 Å². The number of hydrogen-bond acceptors (Lipinski definition) is 5. The standard InChI is InChI=1S/C16H16ClF3N4O3/c1-15(10-7-21-22(2)8-10)9-23(3-4-27-15)13-6-12(17)11(16(18,19)20)5-14(13)24(25)26/h5-8H,3-4,9H2,1-2H3. The fourth-order valence-electron chi connectivity index (χ4n) is 3.11. The summed E-state index contributed by atoms with van der Waals surface area (Å²) in [6.45, 7) is 2.51. The van der Waals surface area contributed by atoms with Gasteiger partial charge in [0.25, 0.3) is 5.69 Å². The Bertz CT molecular complexity index is 886. The smallest absolute Gasteiger partial charge is 0.367 e. The van der Waals surface area contributed by atoms with Crippen LogP contribution in [0.25, 0.3) is 0 Å². The van der Waals surface area contributed by atoms with Gasteiger partial charge in [0.05, 0.1) is 34.9 Å². The van der Waals surface area contributed by atoms with Crippen LogP contribution in [0.3, 0.4) is 0 Å². The Labute approximate surface area is 157 Å². The summed E-state index contributed by atoms with van der Waals surface area (Å²) < 4.78 is 46.6. The molecule has 27 heavy (non-hydrogen) atoms. The number of morpholine rings is 1. The lowest BCUT2D eigenvalue weighted by Gasteiger charge is -2.41. The maximum atomic E-state index is 13.1. The zero-order valence-electron chi connectivity index (χ0n) is 14.5. The van der Waals surface area contributed by atoms with Crippen molar-refractivity contribution in [2.45, 2.75) is 18.7 Å². The molecular weight excluding hydrogens is 389 g/mol. The lowest BCUT2D eigenvalue weighted by Crippen LogP contribution is -2.48. The van der Waals surface area contributed by atoms with Crippen LogP contribution in [0.5, 0.6) is 0 Å². The minimum atomic E-state index is -4.78. The number of halogens is 4. The van der Waals surface area contributed by atoms with Crippen molar-refractivity contribution >= 4 is 23.0 Å². The summed E-state index contributed by atoms with van der Waals surface area (Å²) in [5.41, 5.74) is -1.92. The molecule has 1 fully saturated rings. The summed E-state index contributed by atoms with van der Waals surface area (Å²) in [5, 5.41) is 14.9. The second-order valence-corrected chi connectivity index (χ2v) is 6.89. The molecule has 146 valence electrons. The van der Waals surface area contributed by atoms with Crippen LogP contribution in [0.2, 0.25) is 5.02 Å². The maximum Gasteiger partial charge on any atom is 0.418 e. The highest BCUT2D eigenvalue weighted by Gasteiger charge is 2.40. The van der Waals surface area contributed by atoms with Crippen molar-refractivity contribution in [1.82, 2.24) is 9.78 Å². The van der Waals surface area contributed by atoms with Crippen molar-refractivity contribution < 1.29 is 22.8 Å². The molecule has 0 spiro atoms. The fourth-order valence-corrected chi connectivity index (χ4v) is 3.38. The van der Waals surface area contributed by atoms with Crippen molar-refractivity contribution in [3.8, 4) is 0 Å². The van der Waals surface area contributed by atoms with E-state index in [-0.39, 0.29) is 25.4 Å². The van der Waals surface area contributed by atoms with Crippen molar-refractivity contribution in [2.75, 3.05) is 24.6 Å². The van der Waals surface area contributed by atoms with Crippen LogP contribution < -0.4 is 4.90 Å². The first-order valence-corrected chi connectivity index (χ1v) is 8.32. The lowest BCUT2D eigenvalue weighted by atomic mass is 9.96. The number of anilines is 1. The molecule has 11 heteroatoms. The molecular formula is C16H16ClF3N4O3. The van der Waals surface area contributed by atoms with Gasteiger partial charge >= 0.3 is 6.18 Å². The minimum absolute atomic E-state index is 0.0245. The van der Waals surface area contributed by atoms with Gasteiger partial charge in [-0.15, -0.1) is 0 Å². The Morgan fingerprint density at radius 3 is 2.67 bits per heavy atom. The molecule has 0 N–H and O–H groups in total. The number of aromatic nitrogens is 2. The molecule has 0 bridgehead atoms. The Balaban J connectivity index is 2.02. The molecule has 1 unspecified atom stereocenters. The first kappa shape index (κ1) is 19.4. The predicted octanol–water partition coefficient (Wildman–Crippen LogP) is 3.75. The molecule has 2 heterocycles. The number of nitrogens with zero attached hydrogens (tertiary/aromatic N) is 4. The number of aryl methyl sites for hydroxylation is 1. The van der Waals surface area contributed by atoms with Gasteiger partial charge in [0, 0.05) is 31.4 Å². The van der Waals surface area contributed by atoms with E-state index in [9.17, 15) is 23.3 Å². The van der Waals surface area contributed by atoms with Crippen LogP contribution in [-0.2, 0) is 23.6 Å². The third-order valence-electron chi connectivity index (χ3n) is 4.50. The average Bonchev–Trinajstić information content (AvgIpc) is 3.00.